The van der Waals surface area contributed by atoms with Crippen LogP contribution < -0.4 is 10.2 Å². The van der Waals surface area contributed by atoms with Gasteiger partial charge in [0.15, 0.2) is 0 Å². The van der Waals surface area contributed by atoms with E-state index >= 15 is 0 Å². The van der Waals surface area contributed by atoms with Crippen molar-refractivity contribution < 1.29 is 4.79 Å². The Kier molecular flexibility index (Phi) is 4.45. The average molecular weight is 340 g/mol. The van der Waals surface area contributed by atoms with Crippen LogP contribution in [-0.4, -0.2) is 13.1 Å². The van der Waals surface area contributed by atoms with Gasteiger partial charge in [-0.05, 0) is 40.2 Å². The van der Waals surface area contributed by atoms with Gasteiger partial charge in [-0.25, -0.2) is 4.79 Å². The zero-order valence-corrected chi connectivity index (χ0v) is 12.6. The molecule has 2 aromatic carbocycles. The number of amides is 2. The molecule has 1 N–H and O–H groups in total. The maximum Gasteiger partial charge on any atom is 0.326 e. The third kappa shape index (κ3) is 3.28. The molecule has 0 radical (unpaired) electrons. The monoisotopic (exact) mass is 338 g/mol. The van der Waals surface area contributed by atoms with Crippen molar-refractivity contribution in [3.05, 3.63) is 58.0 Å². The molecule has 0 aliphatic carbocycles. The lowest BCUT2D eigenvalue weighted by atomic mass is 10.3. The van der Waals surface area contributed by atoms with Gasteiger partial charge in [0.2, 0.25) is 0 Å². The summed E-state index contributed by atoms with van der Waals surface area (Å²) in [7, 11) is 1.70. The molecule has 2 amide bonds. The van der Waals surface area contributed by atoms with Crippen molar-refractivity contribution in [2.45, 2.75) is 0 Å². The number of carbonyl (C=O) groups is 1. The smallest absolute Gasteiger partial charge is 0.306 e. The second-order valence-electron chi connectivity index (χ2n) is 3.92. The first kappa shape index (κ1) is 13.9. The highest BCUT2D eigenvalue weighted by atomic mass is 79.9. The molecule has 3 nitrogen and oxygen atoms in total. The van der Waals surface area contributed by atoms with Gasteiger partial charge >= 0.3 is 6.03 Å². The molecule has 98 valence electrons. The summed E-state index contributed by atoms with van der Waals surface area (Å²) < 4.78 is 0.854. The quantitative estimate of drug-likeness (QED) is 0.839. The lowest BCUT2D eigenvalue weighted by Gasteiger charge is -2.19. The van der Waals surface area contributed by atoms with Crippen molar-refractivity contribution in [2.75, 3.05) is 17.3 Å². The van der Waals surface area contributed by atoms with Crippen LogP contribution in [0.15, 0.2) is 53.0 Å². The number of anilines is 2. The molecule has 2 aromatic rings. The first-order valence-corrected chi connectivity index (χ1v) is 6.80. The molecule has 0 bridgehead atoms. The Morgan fingerprint density at radius 2 is 1.79 bits per heavy atom. The Bertz CT molecular complexity index is 604. The molecular formula is C14H12BrClN2O. The summed E-state index contributed by atoms with van der Waals surface area (Å²) in [6.45, 7) is 0. The average Bonchev–Trinajstić information content (AvgIpc) is 2.41. The Labute approximate surface area is 125 Å². The fraction of sp³-hybridized carbons (Fsp3) is 0.0714. The van der Waals surface area contributed by atoms with E-state index < -0.39 is 0 Å². The van der Waals surface area contributed by atoms with Gasteiger partial charge in [-0.3, -0.25) is 4.90 Å². The van der Waals surface area contributed by atoms with Gasteiger partial charge in [0.25, 0.3) is 0 Å². The first-order chi connectivity index (χ1) is 9.09. The Morgan fingerprint density at radius 1 is 1.16 bits per heavy atom. The molecule has 0 heterocycles. The van der Waals surface area contributed by atoms with Gasteiger partial charge in [-0.1, -0.05) is 35.9 Å². The summed E-state index contributed by atoms with van der Waals surface area (Å²) in [5.41, 5.74) is 1.38. The van der Waals surface area contributed by atoms with Gasteiger partial charge in [0.05, 0.1) is 16.4 Å². The van der Waals surface area contributed by atoms with Gasteiger partial charge in [0.1, 0.15) is 0 Å². The number of nitrogens with zero attached hydrogens (tertiary/aromatic N) is 1. The number of halogens is 2. The number of para-hydroxylation sites is 2. The van der Waals surface area contributed by atoms with Crippen molar-refractivity contribution >= 4 is 44.9 Å². The second-order valence-corrected chi connectivity index (χ2v) is 5.18. The van der Waals surface area contributed by atoms with Gasteiger partial charge in [-0.2, -0.15) is 0 Å². The van der Waals surface area contributed by atoms with Gasteiger partial charge < -0.3 is 5.32 Å². The van der Waals surface area contributed by atoms with E-state index in [4.69, 9.17) is 11.6 Å². The fourth-order valence-electron chi connectivity index (χ4n) is 1.59. The number of urea groups is 1. The van der Waals surface area contributed by atoms with Crippen LogP contribution in [0.5, 0.6) is 0 Å². The molecule has 0 saturated heterocycles. The van der Waals surface area contributed by atoms with E-state index in [0.29, 0.717) is 10.7 Å². The summed E-state index contributed by atoms with van der Waals surface area (Å²) in [5.74, 6) is 0. The van der Waals surface area contributed by atoms with E-state index in [9.17, 15) is 4.79 Å². The molecule has 0 aromatic heterocycles. The van der Waals surface area contributed by atoms with E-state index in [2.05, 4.69) is 21.2 Å². The van der Waals surface area contributed by atoms with Crippen molar-refractivity contribution in [2.24, 2.45) is 0 Å². The van der Waals surface area contributed by atoms with Crippen LogP contribution in [0.3, 0.4) is 0 Å². The van der Waals surface area contributed by atoms with Crippen molar-refractivity contribution in [3.8, 4) is 0 Å². The SMILES string of the molecule is CN(C(=O)Nc1ccccc1Cl)c1ccccc1Br. The van der Waals surface area contributed by atoms with Crippen LogP contribution in [-0.2, 0) is 0 Å². The summed E-state index contributed by atoms with van der Waals surface area (Å²) in [6.07, 6.45) is 0. The summed E-state index contributed by atoms with van der Waals surface area (Å²) in [4.78, 5) is 13.7. The predicted molar refractivity (Wildman–Crippen MR) is 83.0 cm³/mol. The van der Waals surface area contributed by atoms with Crippen molar-refractivity contribution in [3.63, 3.8) is 0 Å². The number of hydrogen-bond acceptors (Lipinski definition) is 1. The second kappa shape index (κ2) is 6.08. The van der Waals surface area contributed by atoms with E-state index in [-0.39, 0.29) is 6.03 Å². The minimum atomic E-state index is -0.250. The molecule has 0 aliphatic rings. The molecule has 19 heavy (non-hydrogen) atoms. The van der Waals surface area contributed by atoms with Crippen LogP contribution in [0.25, 0.3) is 0 Å². The minimum absolute atomic E-state index is 0.250. The molecule has 0 saturated carbocycles. The summed E-state index contributed by atoms with van der Waals surface area (Å²) in [6, 6.07) is 14.4. The van der Waals surface area contributed by atoms with Crippen LogP contribution in [0.4, 0.5) is 16.2 Å². The molecule has 5 heteroatoms. The van der Waals surface area contributed by atoms with E-state index in [1.165, 1.54) is 4.90 Å². The Morgan fingerprint density at radius 3 is 2.47 bits per heavy atom. The van der Waals surface area contributed by atoms with Crippen LogP contribution in [0, 0.1) is 0 Å². The maximum atomic E-state index is 12.2. The normalized spacial score (nSPS) is 10.1. The fourth-order valence-corrected chi connectivity index (χ4v) is 2.33. The predicted octanol–water partition coefficient (Wildman–Crippen LogP) is 4.77. The van der Waals surface area contributed by atoms with Gasteiger partial charge in [0, 0.05) is 11.5 Å². The van der Waals surface area contributed by atoms with Gasteiger partial charge in [-0.15, -0.1) is 0 Å². The first-order valence-electron chi connectivity index (χ1n) is 5.63. The summed E-state index contributed by atoms with van der Waals surface area (Å²) in [5, 5.41) is 3.28. The van der Waals surface area contributed by atoms with E-state index in [0.717, 1.165) is 10.2 Å². The van der Waals surface area contributed by atoms with Crippen LogP contribution in [0.1, 0.15) is 0 Å². The lowest BCUT2D eigenvalue weighted by molar-refractivity contribution is 0.258. The van der Waals surface area contributed by atoms with Crippen molar-refractivity contribution in [1.82, 2.24) is 0 Å². The third-order valence-electron chi connectivity index (χ3n) is 2.63. The third-order valence-corrected chi connectivity index (χ3v) is 3.63. The number of hydrogen-bond donors (Lipinski definition) is 1. The largest absolute Gasteiger partial charge is 0.326 e. The standard InChI is InChI=1S/C14H12BrClN2O/c1-18(13-9-5-2-6-10(13)15)14(19)17-12-8-4-3-7-11(12)16/h2-9H,1H3,(H,17,19). The number of nitrogens with one attached hydrogen (secondary N) is 1. The lowest BCUT2D eigenvalue weighted by Crippen LogP contribution is -2.31. The zero-order valence-electron chi connectivity index (χ0n) is 10.2. The highest BCUT2D eigenvalue weighted by Gasteiger charge is 2.14. The topological polar surface area (TPSA) is 32.3 Å². The highest BCUT2D eigenvalue weighted by Crippen LogP contribution is 2.26. The van der Waals surface area contributed by atoms with E-state index in [1.807, 2.05) is 36.4 Å². The highest BCUT2D eigenvalue weighted by molar-refractivity contribution is 9.10. The number of carbonyl (C=O) groups excluding carboxylic acids is 1. The molecule has 0 unspecified atom stereocenters. The minimum Gasteiger partial charge on any atom is -0.306 e. The van der Waals surface area contributed by atoms with Crippen LogP contribution >= 0.6 is 27.5 Å². The summed E-state index contributed by atoms with van der Waals surface area (Å²) >= 11 is 9.43. The van der Waals surface area contributed by atoms with Crippen molar-refractivity contribution in [1.29, 1.82) is 0 Å². The maximum absolute atomic E-state index is 12.2. The number of rotatable bonds is 2. The number of benzene rings is 2. The Balaban J connectivity index is 2.17. The molecule has 0 aliphatic heterocycles. The molecule has 0 spiro atoms. The zero-order chi connectivity index (χ0) is 13.8. The molecular weight excluding hydrogens is 328 g/mol. The molecule has 0 atom stereocenters. The van der Waals surface area contributed by atoms with E-state index in [1.54, 1.807) is 19.2 Å². The molecule has 2 rings (SSSR count). The van der Waals surface area contributed by atoms with Crippen LogP contribution in [0.2, 0.25) is 5.02 Å². The molecule has 0 fully saturated rings. The Hall–Kier alpha value is -1.52.